The highest BCUT2D eigenvalue weighted by molar-refractivity contribution is 5.69. The van der Waals surface area contributed by atoms with Crippen molar-refractivity contribution in [3.05, 3.63) is 60.8 Å². The van der Waals surface area contributed by atoms with Gasteiger partial charge >= 0.3 is 11.9 Å². The van der Waals surface area contributed by atoms with Gasteiger partial charge in [-0.1, -0.05) is 158 Å². The second kappa shape index (κ2) is 35.4. The fraction of sp³-hybridized carbons (Fsp3) is 0.700. The van der Waals surface area contributed by atoms with E-state index >= 15 is 0 Å². The standard InChI is InChI=1S/C40H68O6/c1-3-5-6-7-8-9-10-11-15-18-21-24-27-30-33-39(43)45-35-38(42)36-46-40(44)34-31-28-25-22-19-16-13-12-14-17-20-23-26-29-32-37(41)4-2/h13-14,16-17,22-23,25-26,29,32,37-38,41-42H,3-12,15,18-21,24,27-28,30-31,33-36H2,1-2H3/b16-13-,17-14-,25-22-,26-23-,32-29+/t37-,38+/m0/s1. The molecule has 0 radical (unpaired) electrons. The highest BCUT2D eigenvalue weighted by Crippen LogP contribution is 2.13. The molecule has 264 valence electrons. The van der Waals surface area contributed by atoms with Gasteiger partial charge in [-0.25, -0.2) is 0 Å². The van der Waals surface area contributed by atoms with Crippen molar-refractivity contribution in [3.8, 4) is 0 Å². The average Bonchev–Trinajstić information content (AvgIpc) is 3.06. The van der Waals surface area contributed by atoms with Gasteiger partial charge in [-0.15, -0.1) is 0 Å². The number of rotatable bonds is 32. The molecule has 0 bridgehead atoms. The van der Waals surface area contributed by atoms with Crippen LogP contribution in [0.15, 0.2) is 60.8 Å². The van der Waals surface area contributed by atoms with Gasteiger partial charge in [-0.2, -0.15) is 0 Å². The molecule has 6 heteroatoms. The molecule has 2 N–H and O–H groups in total. The summed E-state index contributed by atoms with van der Waals surface area (Å²) in [6.45, 7) is 3.91. The summed E-state index contributed by atoms with van der Waals surface area (Å²) in [5.74, 6) is -0.652. The summed E-state index contributed by atoms with van der Waals surface area (Å²) in [4.78, 5) is 23.8. The Morgan fingerprint density at radius 2 is 0.978 bits per heavy atom. The van der Waals surface area contributed by atoms with E-state index in [1.165, 1.54) is 70.6 Å². The molecule has 0 rings (SSSR count). The first kappa shape index (κ1) is 43.6. The lowest BCUT2D eigenvalue weighted by molar-refractivity contribution is -0.152. The monoisotopic (exact) mass is 645 g/mol. The van der Waals surface area contributed by atoms with Crippen molar-refractivity contribution in [3.63, 3.8) is 0 Å². The van der Waals surface area contributed by atoms with Crippen molar-refractivity contribution in [2.75, 3.05) is 13.2 Å². The predicted molar refractivity (Wildman–Crippen MR) is 193 cm³/mol. The van der Waals surface area contributed by atoms with Crippen molar-refractivity contribution in [2.45, 2.75) is 167 Å². The molecule has 0 aliphatic heterocycles. The maximum atomic E-state index is 11.9. The van der Waals surface area contributed by atoms with Gasteiger partial charge < -0.3 is 19.7 Å². The molecule has 0 saturated heterocycles. The van der Waals surface area contributed by atoms with E-state index < -0.39 is 6.10 Å². The maximum Gasteiger partial charge on any atom is 0.305 e. The number of allylic oxidation sites excluding steroid dienone is 9. The SMILES string of the molecule is CCCCCCCCCCCCCCCCC(=O)OC[C@@H](O)COC(=O)CCC/C=C\C/C=C\C/C=C\C/C=C\C=C\[C@@H](O)CC. The van der Waals surface area contributed by atoms with Gasteiger partial charge in [0.15, 0.2) is 0 Å². The summed E-state index contributed by atoms with van der Waals surface area (Å²) in [7, 11) is 0. The Bertz CT molecular complexity index is 841. The molecule has 0 aromatic rings. The Morgan fingerprint density at radius 3 is 1.48 bits per heavy atom. The summed E-state index contributed by atoms with van der Waals surface area (Å²) in [6.07, 6.45) is 42.2. The third-order valence-electron chi connectivity index (χ3n) is 7.67. The van der Waals surface area contributed by atoms with E-state index in [-0.39, 0.29) is 31.3 Å². The third-order valence-corrected chi connectivity index (χ3v) is 7.67. The Balaban J connectivity index is 3.58. The van der Waals surface area contributed by atoms with Gasteiger partial charge in [-0.05, 0) is 44.9 Å². The zero-order chi connectivity index (χ0) is 33.8. The second-order valence-corrected chi connectivity index (χ2v) is 12.2. The van der Waals surface area contributed by atoms with Crippen molar-refractivity contribution in [2.24, 2.45) is 0 Å². The molecule has 0 saturated carbocycles. The van der Waals surface area contributed by atoms with E-state index in [0.29, 0.717) is 19.3 Å². The Labute approximate surface area is 282 Å². The van der Waals surface area contributed by atoms with Crippen molar-refractivity contribution in [1.82, 2.24) is 0 Å². The number of hydrogen-bond acceptors (Lipinski definition) is 6. The smallest absolute Gasteiger partial charge is 0.305 e. The number of hydrogen-bond donors (Lipinski definition) is 2. The normalized spacial score (nSPS) is 13.6. The fourth-order valence-electron chi connectivity index (χ4n) is 4.72. The second-order valence-electron chi connectivity index (χ2n) is 12.2. The van der Waals surface area contributed by atoms with E-state index in [1.807, 2.05) is 19.1 Å². The molecule has 2 atom stereocenters. The van der Waals surface area contributed by atoms with Crippen LogP contribution in [0.5, 0.6) is 0 Å². The zero-order valence-electron chi connectivity index (χ0n) is 29.4. The lowest BCUT2D eigenvalue weighted by atomic mass is 10.0. The summed E-state index contributed by atoms with van der Waals surface area (Å²) in [5.41, 5.74) is 0. The van der Waals surface area contributed by atoms with Gasteiger partial charge in [-0.3, -0.25) is 9.59 Å². The highest BCUT2D eigenvalue weighted by Gasteiger charge is 2.12. The Kier molecular flexibility index (Phi) is 33.5. The molecule has 0 aromatic heterocycles. The minimum absolute atomic E-state index is 0.143. The van der Waals surface area contributed by atoms with Crippen LogP contribution in [-0.4, -0.2) is 47.6 Å². The summed E-state index contributed by atoms with van der Waals surface area (Å²) in [6, 6.07) is 0. The lowest BCUT2D eigenvalue weighted by Gasteiger charge is -2.12. The number of carbonyl (C=O) groups excluding carboxylic acids is 2. The molecule has 0 amide bonds. The van der Waals surface area contributed by atoms with Crippen LogP contribution in [0.4, 0.5) is 0 Å². The van der Waals surface area contributed by atoms with Crippen LogP contribution in [0.25, 0.3) is 0 Å². The highest BCUT2D eigenvalue weighted by atomic mass is 16.6. The van der Waals surface area contributed by atoms with Crippen LogP contribution < -0.4 is 0 Å². The fourth-order valence-corrected chi connectivity index (χ4v) is 4.72. The first-order chi connectivity index (χ1) is 22.5. The topological polar surface area (TPSA) is 93.1 Å². The number of ether oxygens (including phenoxy) is 2. The van der Waals surface area contributed by atoms with Gasteiger partial charge in [0.05, 0.1) is 6.10 Å². The Hall–Kier alpha value is -2.44. The van der Waals surface area contributed by atoms with Crippen molar-refractivity contribution >= 4 is 11.9 Å². The molecule has 0 aliphatic carbocycles. The van der Waals surface area contributed by atoms with Crippen LogP contribution in [0.3, 0.4) is 0 Å². The van der Waals surface area contributed by atoms with Crippen LogP contribution in [0.2, 0.25) is 0 Å². The number of aliphatic hydroxyl groups is 2. The van der Waals surface area contributed by atoms with Crippen LogP contribution >= 0.6 is 0 Å². The Morgan fingerprint density at radius 1 is 0.543 bits per heavy atom. The number of aliphatic hydroxyl groups excluding tert-OH is 2. The van der Waals surface area contributed by atoms with Crippen molar-refractivity contribution < 1.29 is 29.3 Å². The van der Waals surface area contributed by atoms with Crippen LogP contribution in [0, 0.1) is 0 Å². The average molecular weight is 645 g/mol. The quantitative estimate of drug-likeness (QED) is 0.0328. The molecular weight excluding hydrogens is 576 g/mol. The first-order valence-electron chi connectivity index (χ1n) is 18.4. The minimum Gasteiger partial charge on any atom is -0.463 e. The van der Waals surface area contributed by atoms with E-state index in [4.69, 9.17) is 9.47 Å². The number of carbonyl (C=O) groups is 2. The zero-order valence-corrected chi connectivity index (χ0v) is 29.4. The first-order valence-corrected chi connectivity index (χ1v) is 18.4. The molecule has 6 nitrogen and oxygen atoms in total. The van der Waals surface area contributed by atoms with E-state index in [9.17, 15) is 19.8 Å². The minimum atomic E-state index is -0.995. The van der Waals surface area contributed by atoms with E-state index in [0.717, 1.165) is 51.4 Å². The lowest BCUT2D eigenvalue weighted by Crippen LogP contribution is -2.25. The molecule has 0 spiro atoms. The van der Waals surface area contributed by atoms with Crippen LogP contribution in [0.1, 0.15) is 155 Å². The molecular formula is C40H68O6. The van der Waals surface area contributed by atoms with Gasteiger partial charge in [0.2, 0.25) is 0 Å². The van der Waals surface area contributed by atoms with Gasteiger partial charge in [0.1, 0.15) is 19.3 Å². The largest absolute Gasteiger partial charge is 0.463 e. The predicted octanol–water partition coefficient (Wildman–Crippen LogP) is 10.2. The molecule has 0 aromatic carbocycles. The van der Waals surface area contributed by atoms with E-state index in [2.05, 4.69) is 49.5 Å². The number of esters is 2. The summed E-state index contributed by atoms with van der Waals surface area (Å²) >= 11 is 0. The van der Waals surface area contributed by atoms with Crippen molar-refractivity contribution in [1.29, 1.82) is 0 Å². The van der Waals surface area contributed by atoms with Crippen LogP contribution in [-0.2, 0) is 19.1 Å². The van der Waals surface area contributed by atoms with Gasteiger partial charge in [0, 0.05) is 12.8 Å². The molecule has 0 aliphatic rings. The van der Waals surface area contributed by atoms with E-state index in [1.54, 1.807) is 6.08 Å². The van der Waals surface area contributed by atoms with Gasteiger partial charge in [0.25, 0.3) is 0 Å². The molecule has 0 fully saturated rings. The molecule has 46 heavy (non-hydrogen) atoms. The number of unbranched alkanes of at least 4 members (excludes halogenated alkanes) is 14. The third kappa shape index (κ3) is 34.4. The maximum absolute atomic E-state index is 11.9. The summed E-state index contributed by atoms with van der Waals surface area (Å²) < 4.78 is 10.3. The summed E-state index contributed by atoms with van der Waals surface area (Å²) in [5, 5.41) is 19.4. The molecule has 0 unspecified atom stereocenters. The molecule has 0 heterocycles.